The fourth-order valence-electron chi connectivity index (χ4n) is 1.83. The van der Waals surface area contributed by atoms with Gasteiger partial charge in [0.2, 0.25) is 0 Å². The molecule has 21 heavy (non-hydrogen) atoms. The van der Waals surface area contributed by atoms with Gasteiger partial charge in [-0.25, -0.2) is 4.79 Å². The molecule has 0 aliphatic carbocycles. The number of rotatable bonds is 7. The number of aliphatic hydroxyl groups is 1. The Hall–Kier alpha value is -1.59. The van der Waals surface area contributed by atoms with Gasteiger partial charge in [-0.2, -0.15) is 0 Å². The Balaban J connectivity index is 2.30. The minimum absolute atomic E-state index is 0.162. The second kappa shape index (κ2) is 8.64. The van der Waals surface area contributed by atoms with Crippen molar-refractivity contribution in [3.05, 3.63) is 29.3 Å². The number of hydrogen-bond donors (Lipinski definition) is 3. The summed E-state index contributed by atoms with van der Waals surface area (Å²) in [6.45, 7) is 9.02. The summed E-state index contributed by atoms with van der Waals surface area (Å²) in [7, 11) is 0. The Kier molecular flexibility index (Phi) is 7.19. The minimum Gasteiger partial charge on any atom is -0.389 e. The first-order valence-electron chi connectivity index (χ1n) is 7.26. The van der Waals surface area contributed by atoms with Gasteiger partial charge in [0.05, 0.1) is 12.7 Å². The number of hydrogen-bond acceptors (Lipinski definition) is 3. The molecule has 118 valence electrons. The number of anilines is 1. The molecule has 0 aliphatic rings. The van der Waals surface area contributed by atoms with Crippen LogP contribution in [0.2, 0.25) is 0 Å². The quantitative estimate of drug-likeness (QED) is 0.723. The van der Waals surface area contributed by atoms with Gasteiger partial charge in [0.1, 0.15) is 0 Å². The first-order valence-corrected chi connectivity index (χ1v) is 7.26. The summed E-state index contributed by atoms with van der Waals surface area (Å²) >= 11 is 0. The molecule has 0 saturated heterocycles. The van der Waals surface area contributed by atoms with E-state index in [-0.39, 0.29) is 19.2 Å². The van der Waals surface area contributed by atoms with Gasteiger partial charge in [-0.05, 0) is 31.4 Å². The number of benzene rings is 1. The van der Waals surface area contributed by atoms with Gasteiger partial charge in [-0.3, -0.25) is 0 Å². The summed E-state index contributed by atoms with van der Waals surface area (Å²) in [4.78, 5) is 11.8. The highest BCUT2D eigenvalue weighted by Gasteiger charge is 2.09. The smallest absolute Gasteiger partial charge is 0.319 e. The topological polar surface area (TPSA) is 70.6 Å². The number of carbonyl (C=O) groups excluding carboxylic acids is 1. The lowest BCUT2D eigenvalue weighted by atomic mass is 10.1. The maximum Gasteiger partial charge on any atom is 0.319 e. The van der Waals surface area contributed by atoms with Crippen LogP contribution in [0, 0.1) is 19.8 Å². The van der Waals surface area contributed by atoms with Gasteiger partial charge in [0, 0.05) is 18.8 Å². The predicted molar refractivity (Wildman–Crippen MR) is 84.6 cm³/mol. The lowest BCUT2D eigenvalue weighted by Crippen LogP contribution is -2.37. The largest absolute Gasteiger partial charge is 0.389 e. The third-order valence-electron chi connectivity index (χ3n) is 2.89. The van der Waals surface area contributed by atoms with E-state index in [2.05, 4.69) is 10.6 Å². The zero-order valence-electron chi connectivity index (χ0n) is 13.3. The van der Waals surface area contributed by atoms with Crippen molar-refractivity contribution in [3.63, 3.8) is 0 Å². The summed E-state index contributed by atoms with van der Waals surface area (Å²) in [5, 5.41) is 15.1. The molecule has 1 rings (SSSR count). The molecule has 3 N–H and O–H groups in total. The first-order chi connectivity index (χ1) is 9.88. The summed E-state index contributed by atoms with van der Waals surface area (Å²) in [5.41, 5.74) is 2.92. The van der Waals surface area contributed by atoms with Crippen LogP contribution in [0.15, 0.2) is 18.2 Å². The summed E-state index contributed by atoms with van der Waals surface area (Å²) in [5.74, 6) is 0.429. The molecule has 0 aliphatic heterocycles. The Morgan fingerprint density at radius 1 is 1.29 bits per heavy atom. The van der Waals surface area contributed by atoms with Gasteiger partial charge < -0.3 is 20.5 Å². The molecule has 1 aromatic carbocycles. The number of amides is 2. The van der Waals surface area contributed by atoms with Crippen molar-refractivity contribution in [2.24, 2.45) is 5.92 Å². The van der Waals surface area contributed by atoms with Crippen molar-refractivity contribution >= 4 is 11.7 Å². The molecular formula is C16H26N2O3. The predicted octanol–water partition coefficient (Wildman–Crippen LogP) is 2.46. The fraction of sp³-hybridized carbons (Fsp3) is 0.562. The summed E-state index contributed by atoms with van der Waals surface area (Å²) in [6, 6.07) is 5.48. The molecular weight excluding hydrogens is 268 g/mol. The van der Waals surface area contributed by atoms with Gasteiger partial charge >= 0.3 is 6.03 Å². The SMILES string of the molecule is Cc1ccc(NC(=O)NCC(O)COCC(C)C)c(C)c1. The van der Waals surface area contributed by atoms with Crippen molar-refractivity contribution in [2.45, 2.75) is 33.8 Å². The van der Waals surface area contributed by atoms with Gasteiger partial charge in [0.25, 0.3) is 0 Å². The molecule has 5 nitrogen and oxygen atoms in total. The van der Waals surface area contributed by atoms with Crippen molar-refractivity contribution < 1.29 is 14.6 Å². The van der Waals surface area contributed by atoms with Crippen molar-refractivity contribution in [1.82, 2.24) is 5.32 Å². The molecule has 5 heteroatoms. The van der Waals surface area contributed by atoms with Crippen LogP contribution in [0.25, 0.3) is 0 Å². The van der Waals surface area contributed by atoms with Gasteiger partial charge in [-0.15, -0.1) is 0 Å². The van der Waals surface area contributed by atoms with Crippen LogP contribution in [0.1, 0.15) is 25.0 Å². The van der Waals surface area contributed by atoms with Crippen molar-refractivity contribution in [1.29, 1.82) is 0 Å². The number of carbonyl (C=O) groups is 1. The lowest BCUT2D eigenvalue weighted by Gasteiger charge is -2.14. The fourth-order valence-corrected chi connectivity index (χ4v) is 1.83. The molecule has 0 fully saturated rings. The lowest BCUT2D eigenvalue weighted by molar-refractivity contribution is 0.0274. The summed E-state index contributed by atoms with van der Waals surface area (Å²) < 4.78 is 5.32. The molecule has 0 saturated carbocycles. The van der Waals surface area contributed by atoms with E-state index >= 15 is 0 Å². The number of aryl methyl sites for hydroxylation is 2. The van der Waals surface area contributed by atoms with E-state index in [9.17, 15) is 9.90 Å². The molecule has 0 spiro atoms. The van der Waals surface area contributed by atoms with E-state index < -0.39 is 6.10 Å². The molecule has 0 aromatic heterocycles. The number of nitrogens with one attached hydrogen (secondary N) is 2. The molecule has 0 radical (unpaired) electrons. The van der Waals surface area contributed by atoms with E-state index in [1.165, 1.54) is 0 Å². The number of urea groups is 1. The maximum atomic E-state index is 11.8. The third-order valence-corrected chi connectivity index (χ3v) is 2.89. The van der Waals surface area contributed by atoms with Crippen LogP contribution in [0.5, 0.6) is 0 Å². The number of aliphatic hydroxyl groups excluding tert-OH is 1. The summed E-state index contributed by atoms with van der Waals surface area (Å²) in [6.07, 6.45) is -0.700. The van der Waals surface area contributed by atoms with E-state index in [0.29, 0.717) is 12.5 Å². The highest BCUT2D eigenvalue weighted by Crippen LogP contribution is 2.15. The van der Waals surface area contributed by atoms with Crippen LogP contribution >= 0.6 is 0 Å². The van der Waals surface area contributed by atoms with E-state index in [4.69, 9.17) is 4.74 Å². The Morgan fingerprint density at radius 2 is 2.00 bits per heavy atom. The van der Waals surface area contributed by atoms with Crippen LogP contribution in [0.3, 0.4) is 0 Å². The highest BCUT2D eigenvalue weighted by atomic mass is 16.5. The highest BCUT2D eigenvalue weighted by molar-refractivity contribution is 5.90. The molecule has 0 bridgehead atoms. The van der Waals surface area contributed by atoms with Crippen LogP contribution in [0.4, 0.5) is 10.5 Å². The van der Waals surface area contributed by atoms with Crippen LogP contribution in [-0.4, -0.2) is 37.0 Å². The minimum atomic E-state index is -0.700. The van der Waals surface area contributed by atoms with Gasteiger partial charge in [0.15, 0.2) is 0 Å². The molecule has 1 unspecified atom stereocenters. The normalized spacial score (nSPS) is 12.3. The zero-order valence-corrected chi connectivity index (χ0v) is 13.3. The van der Waals surface area contributed by atoms with Crippen molar-refractivity contribution in [3.8, 4) is 0 Å². The van der Waals surface area contributed by atoms with Crippen molar-refractivity contribution in [2.75, 3.05) is 25.1 Å². The standard InChI is InChI=1S/C16H26N2O3/c1-11(2)9-21-10-14(19)8-17-16(20)18-15-6-5-12(3)7-13(15)4/h5-7,11,14,19H,8-10H2,1-4H3,(H2,17,18,20). The molecule has 1 atom stereocenters. The molecule has 1 aromatic rings. The monoisotopic (exact) mass is 294 g/mol. The van der Waals surface area contributed by atoms with Gasteiger partial charge in [-0.1, -0.05) is 31.5 Å². The van der Waals surface area contributed by atoms with E-state index in [0.717, 1.165) is 16.8 Å². The van der Waals surface area contributed by atoms with E-state index in [1.807, 2.05) is 45.9 Å². The average molecular weight is 294 g/mol. The van der Waals surface area contributed by atoms with Crippen LogP contribution in [-0.2, 0) is 4.74 Å². The maximum absolute atomic E-state index is 11.8. The second-order valence-electron chi connectivity index (χ2n) is 5.74. The number of ether oxygens (including phenoxy) is 1. The third kappa shape index (κ3) is 7.11. The first kappa shape index (κ1) is 17.5. The van der Waals surface area contributed by atoms with Crippen LogP contribution < -0.4 is 10.6 Å². The molecule has 0 heterocycles. The molecule has 2 amide bonds. The zero-order chi connectivity index (χ0) is 15.8. The Bertz CT molecular complexity index is 461. The second-order valence-corrected chi connectivity index (χ2v) is 5.74. The average Bonchev–Trinajstić information content (AvgIpc) is 2.39. The van der Waals surface area contributed by atoms with E-state index in [1.54, 1.807) is 0 Å². The Labute approximate surface area is 126 Å². The Morgan fingerprint density at radius 3 is 2.62 bits per heavy atom.